The molecule has 1 aromatic rings. The Balaban J connectivity index is 2.25. The van der Waals surface area contributed by atoms with Crippen molar-refractivity contribution in [1.29, 1.82) is 0 Å². The van der Waals surface area contributed by atoms with Gasteiger partial charge < -0.3 is 19.4 Å². The number of allylic oxidation sites excluding steroid dienone is 1. The molecule has 0 radical (unpaired) electrons. The summed E-state index contributed by atoms with van der Waals surface area (Å²) in [6.45, 7) is 25.3. The van der Waals surface area contributed by atoms with Gasteiger partial charge in [-0.2, -0.15) is 0 Å². The van der Waals surface area contributed by atoms with Crippen LogP contribution in [0, 0.1) is 5.41 Å². The third kappa shape index (κ3) is 8.98. The van der Waals surface area contributed by atoms with Crippen molar-refractivity contribution in [2.24, 2.45) is 5.41 Å². The molecule has 1 aliphatic heterocycles. The molecule has 0 aliphatic carbocycles. The fourth-order valence-electron chi connectivity index (χ4n) is 4.71. The van der Waals surface area contributed by atoms with Crippen molar-refractivity contribution in [3.05, 3.63) is 53.5 Å². The molecular weight excluding hydrogens is 485 g/mol. The molecule has 1 amide bonds. The van der Waals surface area contributed by atoms with E-state index in [0.717, 1.165) is 62.4 Å². The van der Waals surface area contributed by atoms with Crippen LogP contribution in [-0.2, 0) is 25.3 Å². The van der Waals surface area contributed by atoms with Crippen molar-refractivity contribution in [1.82, 2.24) is 5.32 Å². The van der Waals surface area contributed by atoms with Crippen molar-refractivity contribution < 1.29 is 18.8 Å². The Morgan fingerprint density at radius 1 is 1.05 bits per heavy atom. The fourth-order valence-corrected chi connectivity index (χ4v) is 4.71. The van der Waals surface area contributed by atoms with Gasteiger partial charge in [-0.05, 0) is 81.0 Å². The largest absolute Gasteiger partial charge is 0.494 e. The third-order valence-corrected chi connectivity index (χ3v) is 8.21. The molecule has 1 aliphatic rings. The van der Waals surface area contributed by atoms with Crippen LogP contribution in [0.4, 0.5) is 0 Å². The molecule has 0 bridgehead atoms. The molecule has 39 heavy (non-hydrogen) atoms. The number of carbonyl (C=O) groups excluding carboxylic acids is 1. The van der Waals surface area contributed by atoms with Crippen LogP contribution < -0.4 is 10.8 Å². The Hall–Kier alpha value is -2.05. The second-order valence-corrected chi connectivity index (χ2v) is 13.0. The minimum atomic E-state index is -0.410. The maximum absolute atomic E-state index is 13.2. The average molecular weight is 540 g/mol. The van der Waals surface area contributed by atoms with E-state index in [9.17, 15) is 4.79 Å². The number of unbranched alkanes of at least 4 members (excludes halogenated alkanes) is 3. The molecule has 1 aromatic carbocycles. The van der Waals surface area contributed by atoms with E-state index in [1.54, 1.807) is 6.26 Å². The topological polar surface area (TPSA) is 56.8 Å². The maximum Gasteiger partial charge on any atom is 0.494 e. The van der Waals surface area contributed by atoms with E-state index in [-0.39, 0.29) is 23.1 Å². The summed E-state index contributed by atoms with van der Waals surface area (Å²) in [7, 11) is -0.410. The first-order valence-corrected chi connectivity index (χ1v) is 15.0. The van der Waals surface area contributed by atoms with Crippen LogP contribution in [0.25, 0.3) is 0 Å². The van der Waals surface area contributed by atoms with Crippen molar-refractivity contribution in [2.45, 2.75) is 138 Å². The molecule has 1 heterocycles. The zero-order valence-electron chi connectivity index (χ0n) is 26.5. The molecule has 2 rings (SSSR count). The van der Waals surface area contributed by atoms with Gasteiger partial charge in [0.15, 0.2) is 5.76 Å². The summed E-state index contributed by atoms with van der Waals surface area (Å²) in [4.78, 5) is 13.2. The van der Waals surface area contributed by atoms with Crippen LogP contribution in [0.5, 0.6) is 0 Å². The van der Waals surface area contributed by atoms with E-state index in [0.29, 0.717) is 0 Å². The smallest absolute Gasteiger partial charge is 0.460 e. The van der Waals surface area contributed by atoms with Crippen molar-refractivity contribution in [3.8, 4) is 0 Å². The fraction of sp³-hybridized carbons (Fsp3) is 0.667. The summed E-state index contributed by atoms with van der Waals surface area (Å²) < 4.78 is 18.4. The first-order valence-electron chi connectivity index (χ1n) is 15.0. The molecule has 218 valence electrons. The number of benzene rings is 1. The molecule has 1 N–H and O–H groups in total. The molecular formula is C33H54BNO4. The molecule has 0 spiro atoms. The molecule has 1 saturated heterocycles. The molecule has 1 atom stereocenters. The normalized spacial score (nSPS) is 17.7. The molecule has 6 heteroatoms. The molecule has 5 nitrogen and oxygen atoms in total. The standard InChI is InChI=1S/C33H54BNO4/c1-12-15-17-19-29(35-30(36)24(4)37-23-26(18-16-13-2)31(5,6)7)28-21-20-27(22-25(28)14-3)34-38-32(8,9)33(10,11)39-34/h20-23,29H,4,12-19H2,1-3,5-11H3,(H,35,36)/b26-23+. The van der Waals surface area contributed by atoms with Gasteiger partial charge in [0.2, 0.25) is 0 Å². The van der Waals surface area contributed by atoms with Crippen molar-refractivity contribution >= 4 is 18.5 Å². The van der Waals surface area contributed by atoms with Gasteiger partial charge in [0.1, 0.15) is 0 Å². The Morgan fingerprint density at radius 2 is 1.67 bits per heavy atom. The first-order chi connectivity index (χ1) is 18.2. The number of aryl methyl sites for hydroxylation is 1. The van der Waals surface area contributed by atoms with E-state index >= 15 is 0 Å². The summed E-state index contributed by atoms with van der Waals surface area (Å²) in [6.07, 6.45) is 9.85. The van der Waals surface area contributed by atoms with Crippen LogP contribution >= 0.6 is 0 Å². The summed E-state index contributed by atoms with van der Waals surface area (Å²) >= 11 is 0. The number of nitrogens with one attached hydrogen (secondary N) is 1. The first kappa shape index (κ1) is 33.2. The Labute approximate surface area is 239 Å². The second-order valence-electron chi connectivity index (χ2n) is 13.0. The van der Waals surface area contributed by atoms with Crippen molar-refractivity contribution in [2.75, 3.05) is 0 Å². The maximum atomic E-state index is 13.2. The summed E-state index contributed by atoms with van der Waals surface area (Å²) in [5.41, 5.74) is 3.70. The van der Waals surface area contributed by atoms with Gasteiger partial charge in [0.25, 0.3) is 5.91 Å². The summed E-state index contributed by atoms with van der Waals surface area (Å²) in [5.74, 6) is -0.144. The number of carbonyl (C=O) groups is 1. The van der Waals surface area contributed by atoms with Gasteiger partial charge in [-0.25, -0.2) is 0 Å². The number of rotatable bonds is 14. The number of hydrogen-bond acceptors (Lipinski definition) is 4. The highest BCUT2D eigenvalue weighted by Gasteiger charge is 2.51. The second kappa shape index (κ2) is 14.0. The highest BCUT2D eigenvalue weighted by molar-refractivity contribution is 6.62. The Bertz CT molecular complexity index is 989. The molecule has 0 aromatic heterocycles. The van der Waals surface area contributed by atoms with E-state index in [1.807, 2.05) is 0 Å². The van der Waals surface area contributed by atoms with Crippen LogP contribution in [0.1, 0.15) is 131 Å². The van der Waals surface area contributed by atoms with E-state index in [2.05, 4.69) is 99.3 Å². The minimum Gasteiger partial charge on any atom is -0.460 e. The summed E-state index contributed by atoms with van der Waals surface area (Å²) in [6, 6.07) is 6.25. The van der Waals surface area contributed by atoms with E-state index in [4.69, 9.17) is 14.0 Å². The van der Waals surface area contributed by atoms with Crippen LogP contribution in [0.3, 0.4) is 0 Å². The average Bonchev–Trinajstić information content (AvgIpc) is 3.08. The number of ether oxygens (including phenoxy) is 1. The van der Waals surface area contributed by atoms with Crippen LogP contribution in [-0.4, -0.2) is 24.2 Å². The van der Waals surface area contributed by atoms with Crippen molar-refractivity contribution in [3.63, 3.8) is 0 Å². The van der Waals surface area contributed by atoms with Crippen LogP contribution in [0.2, 0.25) is 0 Å². The number of hydrogen-bond donors (Lipinski definition) is 1. The SMILES string of the molecule is C=C(O/C=C(\CCCC)C(C)(C)C)C(=O)NC(CCCCC)c1ccc(B2OC(C)(C)C(C)(C)O2)cc1CC. The van der Waals surface area contributed by atoms with Gasteiger partial charge in [0, 0.05) is 0 Å². The van der Waals surface area contributed by atoms with Gasteiger partial charge >= 0.3 is 7.12 Å². The zero-order valence-corrected chi connectivity index (χ0v) is 26.5. The van der Waals surface area contributed by atoms with E-state index < -0.39 is 18.3 Å². The molecule has 0 saturated carbocycles. The lowest BCUT2D eigenvalue weighted by molar-refractivity contribution is -0.120. The van der Waals surface area contributed by atoms with Gasteiger partial charge in [-0.3, -0.25) is 4.79 Å². The third-order valence-electron chi connectivity index (χ3n) is 8.21. The predicted molar refractivity (Wildman–Crippen MR) is 164 cm³/mol. The van der Waals surface area contributed by atoms with Gasteiger partial charge in [-0.15, -0.1) is 0 Å². The van der Waals surface area contributed by atoms with E-state index in [1.165, 1.54) is 11.1 Å². The quantitative estimate of drug-likeness (QED) is 0.113. The Morgan fingerprint density at radius 3 is 2.21 bits per heavy atom. The number of amides is 1. The Kier molecular flexibility index (Phi) is 11.9. The summed E-state index contributed by atoms with van der Waals surface area (Å²) in [5, 5.41) is 3.23. The lowest BCUT2D eigenvalue weighted by Crippen LogP contribution is -2.41. The zero-order chi connectivity index (χ0) is 29.4. The highest BCUT2D eigenvalue weighted by Crippen LogP contribution is 2.37. The molecule has 1 unspecified atom stereocenters. The van der Waals surface area contributed by atoms with Gasteiger partial charge in [-0.1, -0.05) is 92.0 Å². The highest BCUT2D eigenvalue weighted by atomic mass is 16.7. The minimum absolute atomic E-state index is 0.0242. The molecule has 1 fully saturated rings. The van der Waals surface area contributed by atoms with Crippen LogP contribution in [0.15, 0.2) is 42.4 Å². The lowest BCUT2D eigenvalue weighted by Gasteiger charge is -2.32. The monoisotopic (exact) mass is 539 g/mol. The van der Waals surface area contributed by atoms with Gasteiger partial charge in [0.05, 0.1) is 23.5 Å². The predicted octanol–water partition coefficient (Wildman–Crippen LogP) is 7.94. The lowest BCUT2D eigenvalue weighted by atomic mass is 9.76.